The molecule has 2 saturated heterocycles. The van der Waals surface area contributed by atoms with Gasteiger partial charge in [-0.05, 0) is 19.1 Å². The molecular formula is C20H23N5O3. The molecule has 0 aliphatic carbocycles. The minimum Gasteiger partial charge on any atom is -0.471 e. The standard InChI is InChI=1S/C20H23N5O3/c1-15-2-4-16(5-3-15)25-11-10-24(20(25)27)14-19(26)23-9-6-17(13-23)28-18-12-21-7-8-22-18/h2-5,7-8,12,17H,6,9-11,13-14H2,1H3/t17-/m1/s1. The molecule has 0 radical (unpaired) electrons. The molecule has 0 spiro atoms. The van der Waals surface area contributed by atoms with Gasteiger partial charge in [-0.15, -0.1) is 0 Å². The van der Waals surface area contributed by atoms with Crippen LogP contribution in [0.2, 0.25) is 0 Å². The van der Waals surface area contributed by atoms with Gasteiger partial charge in [0.05, 0.1) is 12.7 Å². The molecule has 1 aromatic heterocycles. The van der Waals surface area contributed by atoms with E-state index >= 15 is 0 Å². The van der Waals surface area contributed by atoms with E-state index in [0.29, 0.717) is 32.1 Å². The molecule has 0 unspecified atom stereocenters. The predicted molar refractivity (Wildman–Crippen MR) is 103 cm³/mol. The van der Waals surface area contributed by atoms with Gasteiger partial charge < -0.3 is 14.5 Å². The van der Waals surface area contributed by atoms with Gasteiger partial charge in [-0.2, -0.15) is 0 Å². The molecule has 2 aliphatic heterocycles. The molecule has 28 heavy (non-hydrogen) atoms. The smallest absolute Gasteiger partial charge is 0.325 e. The van der Waals surface area contributed by atoms with Crippen LogP contribution in [0.15, 0.2) is 42.9 Å². The maximum Gasteiger partial charge on any atom is 0.325 e. The summed E-state index contributed by atoms with van der Waals surface area (Å²) in [6, 6.07) is 7.72. The molecule has 146 valence electrons. The summed E-state index contributed by atoms with van der Waals surface area (Å²) in [5.41, 5.74) is 2.01. The molecule has 2 fully saturated rings. The van der Waals surface area contributed by atoms with Crippen LogP contribution in [0.5, 0.6) is 5.88 Å². The second-order valence-electron chi connectivity index (χ2n) is 7.10. The fraction of sp³-hybridized carbons (Fsp3) is 0.400. The van der Waals surface area contributed by atoms with Crippen LogP contribution in [0.1, 0.15) is 12.0 Å². The number of rotatable bonds is 5. The largest absolute Gasteiger partial charge is 0.471 e. The summed E-state index contributed by atoms with van der Waals surface area (Å²) in [5, 5.41) is 0. The van der Waals surface area contributed by atoms with E-state index in [1.165, 1.54) is 0 Å². The van der Waals surface area contributed by atoms with E-state index < -0.39 is 0 Å². The van der Waals surface area contributed by atoms with Crippen LogP contribution < -0.4 is 9.64 Å². The zero-order valence-electron chi connectivity index (χ0n) is 15.8. The minimum atomic E-state index is -0.122. The highest BCUT2D eigenvalue weighted by Crippen LogP contribution is 2.21. The van der Waals surface area contributed by atoms with Gasteiger partial charge in [-0.25, -0.2) is 9.78 Å². The van der Waals surface area contributed by atoms with Crippen molar-refractivity contribution in [2.24, 2.45) is 0 Å². The van der Waals surface area contributed by atoms with Crippen LogP contribution in [-0.2, 0) is 4.79 Å². The van der Waals surface area contributed by atoms with Crippen molar-refractivity contribution >= 4 is 17.6 Å². The van der Waals surface area contributed by atoms with Gasteiger partial charge in [0.25, 0.3) is 0 Å². The van der Waals surface area contributed by atoms with E-state index in [2.05, 4.69) is 9.97 Å². The fourth-order valence-corrected chi connectivity index (χ4v) is 3.52. The number of aromatic nitrogens is 2. The van der Waals surface area contributed by atoms with Crippen molar-refractivity contribution in [2.75, 3.05) is 37.6 Å². The monoisotopic (exact) mass is 381 g/mol. The van der Waals surface area contributed by atoms with Gasteiger partial charge in [-0.1, -0.05) is 17.7 Å². The highest BCUT2D eigenvalue weighted by Gasteiger charge is 2.34. The lowest BCUT2D eigenvalue weighted by molar-refractivity contribution is -0.130. The molecule has 3 amide bonds. The van der Waals surface area contributed by atoms with Gasteiger partial charge in [0.15, 0.2) is 0 Å². The van der Waals surface area contributed by atoms with Crippen LogP contribution in [-0.4, -0.2) is 70.5 Å². The van der Waals surface area contributed by atoms with Gasteiger partial charge in [0.1, 0.15) is 12.6 Å². The molecule has 0 N–H and O–H groups in total. The van der Waals surface area contributed by atoms with Crippen LogP contribution >= 0.6 is 0 Å². The Kier molecular flexibility index (Phi) is 5.10. The van der Waals surface area contributed by atoms with E-state index in [-0.39, 0.29) is 24.6 Å². The molecule has 8 nitrogen and oxygen atoms in total. The van der Waals surface area contributed by atoms with Gasteiger partial charge in [0, 0.05) is 44.1 Å². The number of carbonyl (C=O) groups excluding carboxylic acids is 2. The third kappa shape index (κ3) is 3.90. The summed E-state index contributed by atoms with van der Waals surface area (Å²) >= 11 is 0. The molecule has 2 aromatic rings. The van der Waals surface area contributed by atoms with Crippen molar-refractivity contribution in [2.45, 2.75) is 19.4 Å². The molecule has 1 atom stereocenters. The SMILES string of the molecule is Cc1ccc(N2CCN(CC(=O)N3CC[C@@H](Oc4cnccn4)C3)C2=O)cc1. The van der Waals surface area contributed by atoms with E-state index in [4.69, 9.17) is 4.74 Å². The van der Waals surface area contributed by atoms with Gasteiger partial charge >= 0.3 is 6.03 Å². The number of ether oxygens (including phenoxy) is 1. The molecule has 4 rings (SSSR count). The maximum absolute atomic E-state index is 12.7. The minimum absolute atomic E-state index is 0.0515. The third-order valence-corrected chi connectivity index (χ3v) is 5.09. The highest BCUT2D eigenvalue weighted by molar-refractivity contribution is 5.96. The Labute approximate surface area is 163 Å². The van der Waals surface area contributed by atoms with Crippen molar-refractivity contribution in [3.05, 3.63) is 48.4 Å². The number of carbonyl (C=O) groups is 2. The Morgan fingerprint density at radius 1 is 1.18 bits per heavy atom. The van der Waals surface area contributed by atoms with E-state index in [9.17, 15) is 9.59 Å². The summed E-state index contributed by atoms with van der Waals surface area (Å²) in [6.07, 6.45) is 5.37. The van der Waals surface area contributed by atoms with Crippen LogP contribution in [0.3, 0.4) is 0 Å². The topological polar surface area (TPSA) is 78.9 Å². The van der Waals surface area contributed by atoms with Crippen LogP contribution in [0.25, 0.3) is 0 Å². The zero-order valence-corrected chi connectivity index (χ0v) is 15.8. The van der Waals surface area contributed by atoms with Crippen LogP contribution in [0, 0.1) is 6.92 Å². The second-order valence-corrected chi connectivity index (χ2v) is 7.10. The molecule has 1 aromatic carbocycles. The lowest BCUT2D eigenvalue weighted by Gasteiger charge is -2.22. The Morgan fingerprint density at radius 3 is 2.75 bits per heavy atom. The second kappa shape index (κ2) is 7.84. The number of anilines is 1. The predicted octanol–water partition coefficient (Wildman–Crippen LogP) is 1.71. The first-order valence-corrected chi connectivity index (χ1v) is 9.44. The summed E-state index contributed by atoms with van der Waals surface area (Å²) in [6.45, 7) is 4.36. The number of amides is 3. The van der Waals surface area contributed by atoms with E-state index in [1.54, 1.807) is 33.3 Å². The highest BCUT2D eigenvalue weighted by atomic mass is 16.5. The number of hydrogen-bond donors (Lipinski definition) is 0. The summed E-state index contributed by atoms with van der Waals surface area (Å²) < 4.78 is 5.78. The van der Waals surface area contributed by atoms with Crippen molar-refractivity contribution < 1.29 is 14.3 Å². The van der Waals surface area contributed by atoms with E-state index in [1.807, 2.05) is 31.2 Å². The normalized spacial score (nSPS) is 19.4. The maximum atomic E-state index is 12.7. The molecule has 0 saturated carbocycles. The summed E-state index contributed by atoms with van der Waals surface area (Å²) in [4.78, 5) is 38.5. The van der Waals surface area contributed by atoms with Crippen molar-refractivity contribution in [1.29, 1.82) is 0 Å². The Hall–Kier alpha value is -3.16. The van der Waals surface area contributed by atoms with Crippen molar-refractivity contribution in [3.8, 4) is 5.88 Å². The lowest BCUT2D eigenvalue weighted by Crippen LogP contribution is -2.42. The molecule has 8 heteroatoms. The summed E-state index contributed by atoms with van der Waals surface area (Å²) in [5.74, 6) is 0.412. The number of benzene rings is 1. The van der Waals surface area contributed by atoms with Crippen molar-refractivity contribution in [3.63, 3.8) is 0 Å². The first-order valence-electron chi connectivity index (χ1n) is 9.44. The third-order valence-electron chi connectivity index (χ3n) is 5.09. The average Bonchev–Trinajstić information content (AvgIpc) is 3.31. The number of urea groups is 1. The number of nitrogens with zero attached hydrogens (tertiary/aromatic N) is 5. The fourth-order valence-electron chi connectivity index (χ4n) is 3.52. The van der Waals surface area contributed by atoms with Crippen molar-refractivity contribution in [1.82, 2.24) is 19.8 Å². The zero-order chi connectivity index (χ0) is 19.5. The first-order chi connectivity index (χ1) is 13.6. The lowest BCUT2D eigenvalue weighted by atomic mass is 10.2. The first kappa shape index (κ1) is 18.2. The molecule has 3 heterocycles. The quantitative estimate of drug-likeness (QED) is 0.788. The van der Waals surface area contributed by atoms with Crippen LogP contribution in [0.4, 0.5) is 10.5 Å². The number of likely N-dealkylation sites (tertiary alicyclic amines) is 1. The molecule has 2 aliphatic rings. The number of aryl methyl sites for hydroxylation is 1. The Morgan fingerprint density at radius 2 is 2.00 bits per heavy atom. The number of hydrogen-bond acceptors (Lipinski definition) is 5. The Bertz CT molecular complexity index is 843. The molecular weight excluding hydrogens is 358 g/mol. The molecule has 0 bridgehead atoms. The van der Waals surface area contributed by atoms with Gasteiger partial charge in [0.2, 0.25) is 11.8 Å². The Balaban J connectivity index is 1.30. The van der Waals surface area contributed by atoms with Gasteiger partial charge in [-0.3, -0.25) is 14.7 Å². The summed E-state index contributed by atoms with van der Waals surface area (Å²) in [7, 11) is 0. The average molecular weight is 381 g/mol. The van der Waals surface area contributed by atoms with E-state index in [0.717, 1.165) is 17.7 Å².